The van der Waals surface area contributed by atoms with Crippen molar-refractivity contribution in [2.75, 3.05) is 6.54 Å². The molecule has 0 bridgehead atoms. The fourth-order valence-electron chi connectivity index (χ4n) is 2.29. The molecule has 1 aromatic carbocycles. The number of alkyl carbamates (subject to hydrolysis) is 1. The van der Waals surface area contributed by atoms with Gasteiger partial charge in [-0.2, -0.15) is 0 Å². The zero-order valence-electron chi connectivity index (χ0n) is 14.9. The van der Waals surface area contributed by atoms with Gasteiger partial charge in [-0.15, -0.1) is 0 Å². The van der Waals surface area contributed by atoms with E-state index in [4.69, 9.17) is 9.84 Å². The SMILES string of the molecule is CC(C)(C)OC(=O)NCCC(O)C(O)c1ccccc1CCC(=O)O. The van der Waals surface area contributed by atoms with Gasteiger partial charge in [-0.25, -0.2) is 4.79 Å². The molecule has 0 aliphatic rings. The zero-order valence-corrected chi connectivity index (χ0v) is 14.9. The van der Waals surface area contributed by atoms with Crippen LogP contribution in [0.1, 0.15) is 50.8 Å². The molecule has 7 nitrogen and oxygen atoms in total. The molecule has 140 valence electrons. The van der Waals surface area contributed by atoms with Gasteiger partial charge in [0.15, 0.2) is 0 Å². The quantitative estimate of drug-likeness (QED) is 0.568. The van der Waals surface area contributed by atoms with Gasteiger partial charge in [-0.05, 0) is 44.7 Å². The summed E-state index contributed by atoms with van der Waals surface area (Å²) in [7, 11) is 0. The van der Waals surface area contributed by atoms with Crippen LogP contribution >= 0.6 is 0 Å². The van der Waals surface area contributed by atoms with Gasteiger partial charge in [0, 0.05) is 13.0 Å². The van der Waals surface area contributed by atoms with E-state index < -0.39 is 29.9 Å². The second-order valence-electron chi connectivity index (χ2n) is 6.82. The molecule has 0 fully saturated rings. The van der Waals surface area contributed by atoms with Gasteiger partial charge in [-0.1, -0.05) is 24.3 Å². The summed E-state index contributed by atoms with van der Waals surface area (Å²) < 4.78 is 5.09. The van der Waals surface area contributed by atoms with Crippen LogP contribution in [-0.4, -0.2) is 45.6 Å². The number of aliphatic carboxylic acids is 1. The summed E-state index contributed by atoms with van der Waals surface area (Å²) in [4.78, 5) is 22.3. The maximum Gasteiger partial charge on any atom is 0.407 e. The largest absolute Gasteiger partial charge is 0.481 e. The van der Waals surface area contributed by atoms with Gasteiger partial charge in [-0.3, -0.25) is 4.79 Å². The number of aliphatic hydroxyl groups excluding tert-OH is 2. The number of benzene rings is 1. The highest BCUT2D eigenvalue weighted by Crippen LogP contribution is 2.23. The first kappa shape index (κ1) is 20.9. The van der Waals surface area contributed by atoms with Crippen LogP contribution in [0.5, 0.6) is 0 Å². The molecule has 0 aliphatic carbocycles. The lowest BCUT2D eigenvalue weighted by Crippen LogP contribution is -2.34. The van der Waals surface area contributed by atoms with Crippen LogP contribution in [0, 0.1) is 0 Å². The van der Waals surface area contributed by atoms with Crippen molar-refractivity contribution in [2.45, 2.75) is 57.8 Å². The van der Waals surface area contributed by atoms with Crippen molar-refractivity contribution in [1.82, 2.24) is 5.32 Å². The van der Waals surface area contributed by atoms with Crippen molar-refractivity contribution in [3.63, 3.8) is 0 Å². The van der Waals surface area contributed by atoms with Crippen LogP contribution in [0.15, 0.2) is 24.3 Å². The summed E-state index contributed by atoms with van der Waals surface area (Å²) in [5.41, 5.74) is 0.566. The van der Waals surface area contributed by atoms with Crippen LogP contribution in [0.25, 0.3) is 0 Å². The van der Waals surface area contributed by atoms with Crippen LogP contribution in [0.2, 0.25) is 0 Å². The molecular formula is C18H27NO6. The first-order chi connectivity index (χ1) is 11.6. The summed E-state index contributed by atoms with van der Waals surface area (Å²) in [5.74, 6) is -0.925. The standard InChI is InChI=1S/C18H27NO6/c1-18(2,3)25-17(24)19-11-10-14(20)16(23)13-7-5-4-6-12(13)8-9-15(21)22/h4-7,14,16,20,23H,8-11H2,1-3H3,(H,19,24)(H,21,22). The summed E-state index contributed by atoms with van der Waals surface area (Å²) in [6.45, 7) is 5.39. The lowest BCUT2D eigenvalue weighted by molar-refractivity contribution is -0.136. The molecule has 1 amide bonds. The molecular weight excluding hydrogens is 326 g/mol. The van der Waals surface area contributed by atoms with Crippen LogP contribution in [0.3, 0.4) is 0 Å². The van der Waals surface area contributed by atoms with Crippen molar-refractivity contribution in [3.8, 4) is 0 Å². The Morgan fingerprint density at radius 3 is 2.44 bits per heavy atom. The Kier molecular flexibility index (Phi) is 7.86. The maximum absolute atomic E-state index is 11.6. The van der Waals surface area contributed by atoms with Gasteiger partial charge in [0.05, 0.1) is 6.10 Å². The minimum atomic E-state index is -1.16. The van der Waals surface area contributed by atoms with E-state index in [9.17, 15) is 19.8 Å². The molecule has 0 aromatic heterocycles. The van der Waals surface area contributed by atoms with E-state index >= 15 is 0 Å². The predicted octanol–water partition coefficient (Wildman–Crippen LogP) is 2.01. The third-order valence-electron chi connectivity index (χ3n) is 3.45. The molecule has 0 spiro atoms. The number of carbonyl (C=O) groups is 2. The van der Waals surface area contributed by atoms with Gasteiger partial charge in [0.25, 0.3) is 0 Å². The Hall–Kier alpha value is -2.12. The zero-order chi connectivity index (χ0) is 19.0. The molecule has 2 unspecified atom stereocenters. The second-order valence-corrected chi connectivity index (χ2v) is 6.82. The van der Waals surface area contributed by atoms with E-state index in [0.29, 0.717) is 11.1 Å². The molecule has 1 rings (SSSR count). The van der Waals surface area contributed by atoms with Gasteiger partial charge < -0.3 is 25.4 Å². The molecule has 0 saturated carbocycles. The highest BCUT2D eigenvalue weighted by atomic mass is 16.6. The van der Waals surface area contributed by atoms with Gasteiger partial charge in [0.1, 0.15) is 11.7 Å². The summed E-state index contributed by atoms with van der Waals surface area (Å²) in [6.07, 6.45) is -2.50. The number of carboxylic acids is 1. The Bertz CT molecular complexity index is 581. The number of amides is 1. The van der Waals surface area contributed by atoms with Gasteiger partial charge in [0.2, 0.25) is 0 Å². The maximum atomic E-state index is 11.6. The van der Waals surface area contributed by atoms with E-state index in [1.54, 1.807) is 45.0 Å². The Morgan fingerprint density at radius 1 is 1.20 bits per heavy atom. The molecule has 1 aromatic rings. The number of carbonyl (C=O) groups excluding carboxylic acids is 1. The molecule has 4 N–H and O–H groups in total. The van der Waals surface area contributed by atoms with E-state index in [1.807, 2.05) is 0 Å². The molecule has 2 atom stereocenters. The summed E-state index contributed by atoms with van der Waals surface area (Å²) in [5, 5.41) is 31.8. The predicted molar refractivity (Wildman–Crippen MR) is 92.2 cm³/mol. The molecule has 0 saturated heterocycles. The number of aryl methyl sites for hydroxylation is 1. The first-order valence-corrected chi connectivity index (χ1v) is 8.22. The number of aliphatic hydroxyl groups is 2. The minimum absolute atomic E-state index is 0.0555. The molecule has 25 heavy (non-hydrogen) atoms. The van der Waals surface area contributed by atoms with Crippen molar-refractivity contribution in [1.29, 1.82) is 0 Å². The molecule has 0 heterocycles. The van der Waals surface area contributed by atoms with Gasteiger partial charge >= 0.3 is 12.1 Å². The molecule has 7 heteroatoms. The van der Waals surface area contributed by atoms with E-state index in [2.05, 4.69) is 5.32 Å². The van der Waals surface area contributed by atoms with E-state index in [1.165, 1.54) is 0 Å². The minimum Gasteiger partial charge on any atom is -0.481 e. The number of ether oxygens (including phenoxy) is 1. The lowest BCUT2D eigenvalue weighted by atomic mass is 9.94. The number of nitrogens with one attached hydrogen (secondary N) is 1. The second kappa shape index (κ2) is 9.39. The van der Waals surface area contributed by atoms with Crippen molar-refractivity contribution in [2.24, 2.45) is 0 Å². The lowest BCUT2D eigenvalue weighted by Gasteiger charge is -2.22. The Morgan fingerprint density at radius 2 is 1.84 bits per heavy atom. The van der Waals surface area contributed by atoms with Crippen LogP contribution in [-0.2, 0) is 16.0 Å². The average molecular weight is 353 g/mol. The Balaban J connectivity index is 2.57. The van der Waals surface area contributed by atoms with Crippen molar-refractivity contribution in [3.05, 3.63) is 35.4 Å². The smallest absolute Gasteiger partial charge is 0.407 e. The van der Waals surface area contributed by atoms with Crippen LogP contribution < -0.4 is 5.32 Å². The molecule has 0 radical (unpaired) electrons. The fraction of sp³-hybridized carbons (Fsp3) is 0.556. The highest BCUT2D eigenvalue weighted by molar-refractivity contribution is 5.67. The third kappa shape index (κ3) is 8.00. The first-order valence-electron chi connectivity index (χ1n) is 8.22. The normalized spacial score (nSPS) is 13.8. The number of carboxylic acid groups (broad SMARTS) is 1. The summed E-state index contributed by atoms with van der Waals surface area (Å²) in [6, 6.07) is 6.86. The van der Waals surface area contributed by atoms with E-state index in [-0.39, 0.29) is 25.8 Å². The highest BCUT2D eigenvalue weighted by Gasteiger charge is 2.22. The molecule has 0 aliphatic heterocycles. The average Bonchev–Trinajstić information content (AvgIpc) is 2.50. The number of rotatable bonds is 8. The topological polar surface area (TPSA) is 116 Å². The monoisotopic (exact) mass is 353 g/mol. The van der Waals surface area contributed by atoms with Crippen molar-refractivity contribution >= 4 is 12.1 Å². The summed E-state index contributed by atoms with van der Waals surface area (Å²) >= 11 is 0. The third-order valence-corrected chi connectivity index (χ3v) is 3.45. The number of hydrogen-bond donors (Lipinski definition) is 4. The Labute approximate surface area is 147 Å². The van der Waals surface area contributed by atoms with Crippen molar-refractivity contribution < 1.29 is 29.6 Å². The fourth-order valence-corrected chi connectivity index (χ4v) is 2.29. The van der Waals surface area contributed by atoms with E-state index in [0.717, 1.165) is 0 Å². The van der Waals surface area contributed by atoms with Crippen LogP contribution in [0.4, 0.5) is 4.79 Å². The number of hydrogen-bond acceptors (Lipinski definition) is 5.